The van der Waals surface area contributed by atoms with Crippen molar-refractivity contribution in [3.8, 4) is 5.75 Å². The third kappa shape index (κ3) is 3.53. The molecule has 0 atom stereocenters. The van der Waals surface area contributed by atoms with Gasteiger partial charge in [-0.2, -0.15) is 0 Å². The largest absolute Gasteiger partial charge is 0.494 e. The van der Waals surface area contributed by atoms with Crippen LogP contribution in [0.1, 0.15) is 31.2 Å². The summed E-state index contributed by atoms with van der Waals surface area (Å²) >= 11 is 6.01. The van der Waals surface area contributed by atoms with Gasteiger partial charge in [-0.15, -0.1) is 0 Å². The zero-order valence-electron chi connectivity index (χ0n) is 11.3. The van der Waals surface area contributed by atoms with Crippen LogP contribution in [0.2, 0.25) is 5.02 Å². The molecule has 19 heavy (non-hydrogen) atoms. The van der Waals surface area contributed by atoms with Crippen molar-refractivity contribution in [2.24, 2.45) is 0 Å². The van der Waals surface area contributed by atoms with Gasteiger partial charge in [-0.25, -0.2) is 4.79 Å². The Morgan fingerprint density at radius 1 is 1.37 bits per heavy atom. The lowest BCUT2D eigenvalue weighted by atomic mass is 10.2. The van der Waals surface area contributed by atoms with Crippen molar-refractivity contribution in [1.29, 1.82) is 0 Å². The molecular formula is C14H19ClN2O2. The summed E-state index contributed by atoms with van der Waals surface area (Å²) in [5, 5.41) is 6.36. The molecule has 0 radical (unpaired) electrons. The maximum atomic E-state index is 11.9. The third-order valence-electron chi connectivity index (χ3n) is 3.38. The molecule has 1 aromatic rings. The number of hydrogen-bond donors (Lipinski definition) is 2. The minimum absolute atomic E-state index is 0.202. The summed E-state index contributed by atoms with van der Waals surface area (Å²) in [6.45, 7) is 1.89. The highest BCUT2D eigenvalue weighted by atomic mass is 35.5. The van der Waals surface area contributed by atoms with Crippen LogP contribution in [0.5, 0.6) is 5.75 Å². The first-order valence-electron chi connectivity index (χ1n) is 6.52. The summed E-state index contributed by atoms with van der Waals surface area (Å²) in [7, 11) is 1.58. The van der Waals surface area contributed by atoms with E-state index in [0.29, 0.717) is 16.5 Å². The molecule has 1 aromatic carbocycles. The molecule has 0 saturated heterocycles. The normalized spacial score (nSPS) is 15.3. The van der Waals surface area contributed by atoms with E-state index >= 15 is 0 Å². The highest BCUT2D eigenvalue weighted by molar-refractivity contribution is 6.31. The second-order valence-electron chi connectivity index (χ2n) is 4.88. The van der Waals surface area contributed by atoms with Gasteiger partial charge >= 0.3 is 6.03 Å². The van der Waals surface area contributed by atoms with E-state index in [1.165, 1.54) is 12.8 Å². The molecule has 0 heterocycles. The van der Waals surface area contributed by atoms with Crippen molar-refractivity contribution in [3.05, 3.63) is 22.7 Å². The number of nitrogens with one attached hydrogen (secondary N) is 2. The lowest BCUT2D eigenvalue weighted by molar-refractivity contribution is 0.248. The van der Waals surface area contributed by atoms with E-state index in [4.69, 9.17) is 16.3 Å². The predicted molar refractivity (Wildman–Crippen MR) is 77.2 cm³/mol. The standard InChI is InChI=1S/C14H19ClN2O2/c1-9-7-10(15)8-12(13(9)19-2)17-14(18)16-11-5-3-4-6-11/h7-8,11H,3-6H2,1-2H3,(H2,16,17,18). The van der Waals surface area contributed by atoms with Crippen LogP contribution in [0.25, 0.3) is 0 Å². The zero-order valence-corrected chi connectivity index (χ0v) is 12.0. The molecular weight excluding hydrogens is 264 g/mol. The first kappa shape index (κ1) is 14.0. The Morgan fingerprint density at radius 2 is 2.05 bits per heavy atom. The van der Waals surface area contributed by atoms with E-state index in [-0.39, 0.29) is 12.1 Å². The Morgan fingerprint density at radius 3 is 2.68 bits per heavy atom. The number of ether oxygens (including phenoxy) is 1. The van der Waals surface area contributed by atoms with Gasteiger partial charge in [0.05, 0.1) is 12.8 Å². The number of carbonyl (C=O) groups is 1. The van der Waals surface area contributed by atoms with Gasteiger partial charge in [0, 0.05) is 11.1 Å². The van der Waals surface area contributed by atoms with Crippen LogP contribution in [-0.4, -0.2) is 19.2 Å². The van der Waals surface area contributed by atoms with Crippen molar-refractivity contribution >= 4 is 23.3 Å². The fourth-order valence-electron chi connectivity index (χ4n) is 2.51. The van der Waals surface area contributed by atoms with Crippen molar-refractivity contribution < 1.29 is 9.53 Å². The van der Waals surface area contributed by atoms with Gasteiger partial charge in [-0.1, -0.05) is 24.4 Å². The number of benzene rings is 1. The van der Waals surface area contributed by atoms with Crippen molar-refractivity contribution in [1.82, 2.24) is 5.32 Å². The molecule has 104 valence electrons. The van der Waals surface area contributed by atoms with Gasteiger partial charge in [-0.05, 0) is 37.5 Å². The van der Waals surface area contributed by atoms with Crippen LogP contribution >= 0.6 is 11.6 Å². The SMILES string of the molecule is COc1c(C)cc(Cl)cc1NC(=O)NC1CCCC1. The Kier molecular flexibility index (Phi) is 4.53. The summed E-state index contributed by atoms with van der Waals surface area (Å²) in [6, 6.07) is 3.58. The molecule has 0 spiro atoms. The molecule has 0 aliphatic heterocycles. The Hall–Kier alpha value is -1.42. The average molecular weight is 283 g/mol. The van der Waals surface area contributed by atoms with E-state index in [1.807, 2.05) is 6.92 Å². The zero-order chi connectivity index (χ0) is 13.8. The molecule has 1 fully saturated rings. The highest BCUT2D eigenvalue weighted by Gasteiger charge is 2.18. The highest BCUT2D eigenvalue weighted by Crippen LogP contribution is 2.32. The van der Waals surface area contributed by atoms with E-state index in [9.17, 15) is 4.79 Å². The van der Waals surface area contributed by atoms with Crippen LogP contribution in [0.3, 0.4) is 0 Å². The summed E-state index contributed by atoms with van der Waals surface area (Å²) in [4.78, 5) is 11.9. The van der Waals surface area contributed by atoms with Gasteiger partial charge in [0.2, 0.25) is 0 Å². The van der Waals surface area contributed by atoms with E-state index in [2.05, 4.69) is 10.6 Å². The van der Waals surface area contributed by atoms with Crippen LogP contribution in [0.4, 0.5) is 10.5 Å². The summed E-state index contributed by atoms with van der Waals surface area (Å²) in [5.74, 6) is 0.644. The molecule has 5 heteroatoms. The third-order valence-corrected chi connectivity index (χ3v) is 3.60. The number of halogens is 1. The molecule has 0 aromatic heterocycles. The molecule has 0 bridgehead atoms. The van der Waals surface area contributed by atoms with Gasteiger partial charge in [0.25, 0.3) is 0 Å². The van der Waals surface area contributed by atoms with Crippen LogP contribution in [-0.2, 0) is 0 Å². The number of methoxy groups -OCH3 is 1. The van der Waals surface area contributed by atoms with E-state index in [1.54, 1.807) is 19.2 Å². The second-order valence-corrected chi connectivity index (χ2v) is 5.32. The average Bonchev–Trinajstić information content (AvgIpc) is 2.81. The number of urea groups is 1. The maximum Gasteiger partial charge on any atom is 0.319 e. The number of rotatable bonds is 3. The van der Waals surface area contributed by atoms with Crippen molar-refractivity contribution in [3.63, 3.8) is 0 Å². The van der Waals surface area contributed by atoms with Gasteiger partial charge in [-0.3, -0.25) is 0 Å². The van der Waals surface area contributed by atoms with E-state index < -0.39 is 0 Å². The van der Waals surface area contributed by atoms with E-state index in [0.717, 1.165) is 18.4 Å². The molecule has 1 saturated carbocycles. The first-order chi connectivity index (χ1) is 9.10. The number of hydrogen-bond acceptors (Lipinski definition) is 2. The minimum atomic E-state index is -0.202. The first-order valence-corrected chi connectivity index (χ1v) is 6.89. The summed E-state index contributed by atoms with van der Waals surface area (Å²) < 4.78 is 5.30. The van der Waals surface area contributed by atoms with Gasteiger partial charge in [0.15, 0.2) is 0 Å². The van der Waals surface area contributed by atoms with Crippen molar-refractivity contribution in [2.45, 2.75) is 38.6 Å². The number of aryl methyl sites for hydroxylation is 1. The number of amides is 2. The van der Waals surface area contributed by atoms with Crippen LogP contribution < -0.4 is 15.4 Å². The number of carbonyl (C=O) groups excluding carboxylic acids is 1. The molecule has 2 amide bonds. The molecule has 1 aliphatic rings. The molecule has 4 nitrogen and oxygen atoms in total. The fraction of sp³-hybridized carbons (Fsp3) is 0.500. The van der Waals surface area contributed by atoms with Crippen LogP contribution in [0, 0.1) is 6.92 Å². The monoisotopic (exact) mass is 282 g/mol. The topological polar surface area (TPSA) is 50.4 Å². The maximum absolute atomic E-state index is 11.9. The minimum Gasteiger partial charge on any atom is -0.494 e. The van der Waals surface area contributed by atoms with Gasteiger partial charge in [0.1, 0.15) is 5.75 Å². The predicted octanol–water partition coefficient (Wildman–Crippen LogP) is 3.72. The quantitative estimate of drug-likeness (QED) is 0.888. The van der Waals surface area contributed by atoms with Crippen LogP contribution in [0.15, 0.2) is 12.1 Å². The molecule has 0 unspecified atom stereocenters. The summed E-state index contributed by atoms with van der Waals surface area (Å²) in [5.41, 5.74) is 1.49. The summed E-state index contributed by atoms with van der Waals surface area (Å²) in [6.07, 6.45) is 4.48. The number of anilines is 1. The lowest BCUT2D eigenvalue weighted by Crippen LogP contribution is -2.36. The molecule has 2 N–H and O–H groups in total. The van der Waals surface area contributed by atoms with Crippen molar-refractivity contribution in [2.75, 3.05) is 12.4 Å². The van der Waals surface area contributed by atoms with Gasteiger partial charge < -0.3 is 15.4 Å². The smallest absolute Gasteiger partial charge is 0.319 e. The second kappa shape index (κ2) is 6.15. The lowest BCUT2D eigenvalue weighted by Gasteiger charge is -2.16. The molecule has 2 rings (SSSR count). The Labute approximate surface area is 118 Å². The Bertz CT molecular complexity index is 471. The Balaban J connectivity index is 2.07. The molecule has 1 aliphatic carbocycles. The fourth-order valence-corrected chi connectivity index (χ4v) is 2.78.